The minimum Gasteiger partial charge on any atom is -0.469 e. The molecule has 0 saturated carbocycles. The molecule has 0 aliphatic carbocycles. The summed E-state index contributed by atoms with van der Waals surface area (Å²) in [4.78, 5) is 52.3. The fraction of sp³-hybridized carbons (Fsp3) is 0.667. The van der Waals surface area contributed by atoms with E-state index in [1.165, 1.54) is 17.5 Å². The van der Waals surface area contributed by atoms with Gasteiger partial charge in [-0.25, -0.2) is 9.59 Å². The summed E-state index contributed by atoms with van der Waals surface area (Å²) in [5.74, 6) is 2.44. The second-order valence-corrected chi connectivity index (χ2v) is 14.2. The Morgan fingerprint density at radius 2 is 1.27 bits per heavy atom. The molecule has 48 heavy (non-hydrogen) atoms. The Hall–Kier alpha value is -2.96. The third-order valence-electron chi connectivity index (χ3n) is 6.99. The van der Waals surface area contributed by atoms with Crippen molar-refractivity contribution in [1.29, 1.82) is 0 Å². The van der Waals surface area contributed by atoms with Gasteiger partial charge in [-0.15, -0.1) is 0 Å². The van der Waals surface area contributed by atoms with Crippen LogP contribution in [0.3, 0.4) is 0 Å². The smallest absolute Gasteiger partial charge is 0.409 e. The molecule has 6 saturated heterocycles. The van der Waals surface area contributed by atoms with E-state index in [0.717, 1.165) is 75.3 Å². The van der Waals surface area contributed by atoms with Crippen molar-refractivity contribution in [2.24, 2.45) is 7.05 Å². The zero-order valence-electron chi connectivity index (χ0n) is 29.2. The summed E-state index contributed by atoms with van der Waals surface area (Å²) in [5, 5.41) is 3.49. The highest BCUT2D eigenvalue weighted by Gasteiger charge is 2.17. The number of urea groups is 1. The number of hydrogen-bond acceptors (Lipinski definition) is 10. The van der Waals surface area contributed by atoms with E-state index in [-0.39, 0.29) is 17.4 Å². The summed E-state index contributed by atoms with van der Waals surface area (Å²) in [6.07, 6.45) is 5.60. The summed E-state index contributed by atoms with van der Waals surface area (Å²) in [7, 11) is 13.1. The minimum absolute atomic E-state index is 0.0417. The third-order valence-corrected chi connectivity index (χ3v) is 9.97. The number of thiocarbonyl (C=S) groups is 2. The minimum atomic E-state index is -0.208. The van der Waals surface area contributed by atoms with Crippen molar-refractivity contribution >= 4 is 80.7 Å². The van der Waals surface area contributed by atoms with Crippen molar-refractivity contribution in [2.45, 2.75) is 12.8 Å². The van der Waals surface area contributed by atoms with Crippen LogP contribution in [-0.4, -0.2) is 180 Å². The number of nitrogens with one attached hydrogen (secondary N) is 1. The molecule has 1 N–H and O–H groups in total. The number of thioether (sulfide) groups is 2. The number of aryl methyl sites for hydroxylation is 1. The molecule has 6 aliphatic heterocycles. The molecule has 18 heteroatoms. The van der Waals surface area contributed by atoms with Crippen LogP contribution in [0, 0.1) is 0 Å². The SMILES string of the molecule is CN1CCCC1=O.CN1CCNC1=O.CN1CCOC1=O.CN1CCOC1=S.CN1CCSC1=O.CN1CCSC1=S.Cn1cccc1. The molecule has 0 spiro atoms. The molecule has 1 aromatic rings. The predicted octanol–water partition coefficient (Wildman–Crippen LogP) is 2.94. The highest BCUT2D eigenvalue weighted by atomic mass is 32.2. The van der Waals surface area contributed by atoms with Crippen molar-refractivity contribution in [1.82, 2.24) is 39.3 Å². The van der Waals surface area contributed by atoms with E-state index in [4.69, 9.17) is 29.2 Å². The first-order valence-electron chi connectivity index (χ1n) is 15.5. The zero-order chi connectivity index (χ0) is 36.1. The van der Waals surface area contributed by atoms with Crippen LogP contribution in [0.25, 0.3) is 0 Å². The van der Waals surface area contributed by atoms with Crippen LogP contribution >= 0.6 is 48.0 Å². The summed E-state index contributed by atoms with van der Waals surface area (Å²) >= 11 is 12.8. The van der Waals surface area contributed by atoms with E-state index >= 15 is 0 Å². The average molecular weight is 749 g/mol. The summed E-state index contributed by atoms with van der Waals surface area (Å²) in [6.45, 7) is 7.64. The fourth-order valence-corrected chi connectivity index (χ4v) is 5.87. The maximum absolute atomic E-state index is 10.5. The number of carbonyl (C=O) groups is 4. The van der Waals surface area contributed by atoms with Crippen molar-refractivity contribution in [3.63, 3.8) is 0 Å². The van der Waals surface area contributed by atoms with E-state index in [2.05, 4.69) is 15.0 Å². The molecule has 0 radical (unpaired) electrons. The van der Waals surface area contributed by atoms with Crippen LogP contribution in [0.4, 0.5) is 14.4 Å². The molecule has 7 heterocycles. The quantitative estimate of drug-likeness (QED) is 0.393. The number of likely N-dealkylation sites (N-methyl/N-ethyl adjacent to an activating group) is 3. The van der Waals surface area contributed by atoms with Gasteiger partial charge in [-0.2, -0.15) is 0 Å². The number of cyclic esters (lactones) is 1. The van der Waals surface area contributed by atoms with Crippen molar-refractivity contribution < 1.29 is 28.7 Å². The Morgan fingerprint density at radius 1 is 0.667 bits per heavy atom. The summed E-state index contributed by atoms with van der Waals surface area (Å²) in [6, 6.07) is 4.04. The van der Waals surface area contributed by atoms with Crippen LogP contribution in [0.15, 0.2) is 24.5 Å². The predicted molar refractivity (Wildman–Crippen MR) is 202 cm³/mol. The van der Waals surface area contributed by atoms with Crippen LogP contribution in [0.2, 0.25) is 0 Å². The van der Waals surface area contributed by atoms with Crippen LogP contribution in [0.1, 0.15) is 12.8 Å². The van der Waals surface area contributed by atoms with Crippen molar-refractivity contribution in [3.8, 4) is 0 Å². The molecular formula is C30H52N8O6S4. The molecule has 272 valence electrons. The first kappa shape index (κ1) is 43.1. The van der Waals surface area contributed by atoms with Gasteiger partial charge in [-0.1, -0.05) is 35.7 Å². The van der Waals surface area contributed by atoms with Gasteiger partial charge >= 0.3 is 12.1 Å². The maximum Gasteiger partial charge on any atom is 0.409 e. The Balaban J connectivity index is 0.000000280. The monoisotopic (exact) mass is 748 g/mol. The lowest BCUT2D eigenvalue weighted by Crippen LogP contribution is -2.23. The van der Waals surface area contributed by atoms with Gasteiger partial charge in [-0.3, -0.25) is 9.59 Å². The lowest BCUT2D eigenvalue weighted by atomic mass is 10.4. The standard InChI is InChI=1S/C5H9NO.C5H7N.C4H8N2O.C4H7NO2.2C4H7NOS.C4H7NS2/c1-6-4-2-3-5(6)7;1-6-4-2-3-5-6;1-6-3-2-5-4(6)7;2*1-5-2-3-7-4(5)6;1-5-2-3-6-4(5)7;1-5-2-3-7-4(5)6/h2-4H2,1H3;2-5H,1H3;2-3H2,1H3,(H,5,7);4*2-3H2,1H3. The molecule has 7 rings (SSSR count). The van der Waals surface area contributed by atoms with E-state index in [9.17, 15) is 19.2 Å². The average Bonchev–Trinajstić information content (AvgIpc) is 3.94. The van der Waals surface area contributed by atoms with Crippen LogP contribution in [-0.2, 0) is 21.3 Å². The zero-order valence-corrected chi connectivity index (χ0v) is 32.5. The largest absolute Gasteiger partial charge is 0.469 e. The van der Waals surface area contributed by atoms with Gasteiger partial charge in [0.25, 0.3) is 10.4 Å². The Labute approximate surface area is 304 Å². The first-order valence-corrected chi connectivity index (χ1v) is 18.3. The van der Waals surface area contributed by atoms with Gasteiger partial charge in [-0.05, 0) is 30.8 Å². The third kappa shape index (κ3) is 18.5. The van der Waals surface area contributed by atoms with Crippen LogP contribution in [0.5, 0.6) is 0 Å². The fourth-order valence-electron chi connectivity index (χ4n) is 3.66. The Bertz CT molecular complexity index is 976. The van der Waals surface area contributed by atoms with E-state index in [1.807, 2.05) is 69.2 Å². The summed E-state index contributed by atoms with van der Waals surface area (Å²) < 4.78 is 12.5. The second kappa shape index (κ2) is 24.2. The van der Waals surface area contributed by atoms with Gasteiger partial charge in [0.1, 0.15) is 17.5 Å². The normalized spacial score (nSPS) is 19.2. The van der Waals surface area contributed by atoms with Gasteiger partial charge in [0, 0.05) is 112 Å². The number of nitrogens with zero attached hydrogens (tertiary/aromatic N) is 7. The van der Waals surface area contributed by atoms with Gasteiger partial charge in [0.15, 0.2) is 0 Å². The number of hydrogen-bond donors (Lipinski definition) is 1. The van der Waals surface area contributed by atoms with Gasteiger partial charge in [0.05, 0.1) is 13.1 Å². The maximum atomic E-state index is 10.5. The first-order chi connectivity index (χ1) is 22.7. The number of aromatic nitrogens is 1. The number of likely N-dealkylation sites (tertiary alicyclic amines) is 1. The highest BCUT2D eigenvalue weighted by Crippen LogP contribution is 2.15. The van der Waals surface area contributed by atoms with Gasteiger partial charge < -0.3 is 48.8 Å². The van der Waals surface area contributed by atoms with Crippen molar-refractivity contribution in [3.05, 3.63) is 24.5 Å². The number of amides is 5. The van der Waals surface area contributed by atoms with E-state index < -0.39 is 0 Å². The molecule has 6 aliphatic rings. The molecule has 6 fully saturated rings. The molecular weight excluding hydrogens is 697 g/mol. The molecule has 1 aromatic heterocycles. The molecule has 0 unspecified atom stereocenters. The van der Waals surface area contributed by atoms with Crippen molar-refractivity contribution in [2.75, 3.05) is 113 Å². The molecule has 14 nitrogen and oxygen atoms in total. The lowest BCUT2D eigenvalue weighted by Gasteiger charge is -2.05. The number of rotatable bonds is 0. The number of carbonyl (C=O) groups excluding carboxylic acids is 4. The Kier molecular flexibility index (Phi) is 21.7. The van der Waals surface area contributed by atoms with Gasteiger partial charge in [0.2, 0.25) is 5.91 Å². The number of ether oxygens (including phenoxy) is 2. The van der Waals surface area contributed by atoms with E-state index in [0.29, 0.717) is 17.7 Å². The second-order valence-electron chi connectivity index (χ2n) is 11.1. The highest BCUT2D eigenvalue weighted by molar-refractivity contribution is 8.23. The Morgan fingerprint density at radius 3 is 1.42 bits per heavy atom. The molecule has 5 amide bonds. The topological polar surface area (TPSA) is 123 Å². The van der Waals surface area contributed by atoms with E-state index in [1.54, 1.807) is 45.5 Å². The molecule has 0 bridgehead atoms. The lowest BCUT2D eigenvalue weighted by molar-refractivity contribution is -0.126. The van der Waals surface area contributed by atoms with Crippen LogP contribution < -0.4 is 5.32 Å². The molecule has 0 aromatic carbocycles. The summed E-state index contributed by atoms with van der Waals surface area (Å²) in [5.41, 5.74) is 0. The molecule has 0 atom stereocenters.